The number of furan rings is 1. The van der Waals surface area contributed by atoms with E-state index in [2.05, 4.69) is 10.0 Å². The number of carbonyl (C=O) groups is 1. The van der Waals surface area contributed by atoms with Crippen molar-refractivity contribution in [3.63, 3.8) is 0 Å². The molecule has 0 bridgehead atoms. The fourth-order valence-electron chi connectivity index (χ4n) is 2.07. The molecule has 2 N–H and O–H groups in total. The molecule has 0 aliphatic heterocycles. The third-order valence-corrected chi connectivity index (χ3v) is 4.69. The van der Waals surface area contributed by atoms with Crippen LogP contribution in [0.3, 0.4) is 0 Å². The maximum absolute atomic E-state index is 12.3. The highest BCUT2D eigenvalue weighted by molar-refractivity contribution is 7.89. The molecule has 0 saturated heterocycles. The SMILES string of the molecule is CC(=O)Nc1ccc(S(=O)(=O)NCCc2ccoc2)c(C)c1. The minimum absolute atomic E-state index is 0.201. The van der Waals surface area contributed by atoms with E-state index in [1.54, 1.807) is 37.6 Å². The van der Waals surface area contributed by atoms with E-state index in [4.69, 9.17) is 4.42 Å². The molecule has 1 heterocycles. The minimum Gasteiger partial charge on any atom is -0.472 e. The molecular formula is C15H18N2O4S. The summed E-state index contributed by atoms with van der Waals surface area (Å²) in [4.78, 5) is 11.2. The van der Waals surface area contributed by atoms with Crippen molar-refractivity contribution < 1.29 is 17.6 Å². The van der Waals surface area contributed by atoms with Crippen LogP contribution in [-0.2, 0) is 21.2 Å². The Morgan fingerprint density at radius 1 is 1.27 bits per heavy atom. The molecule has 1 aromatic carbocycles. The van der Waals surface area contributed by atoms with Gasteiger partial charge in [0.2, 0.25) is 15.9 Å². The van der Waals surface area contributed by atoms with Gasteiger partial charge in [0.1, 0.15) is 0 Å². The lowest BCUT2D eigenvalue weighted by molar-refractivity contribution is -0.114. The highest BCUT2D eigenvalue weighted by Gasteiger charge is 2.16. The van der Waals surface area contributed by atoms with Crippen LogP contribution in [0.4, 0.5) is 5.69 Å². The van der Waals surface area contributed by atoms with E-state index in [-0.39, 0.29) is 17.3 Å². The largest absolute Gasteiger partial charge is 0.472 e. The first-order chi connectivity index (χ1) is 10.4. The summed E-state index contributed by atoms with van der Waals surface area (Å²) in [6.45, 7) is 3.38. The molecule has 0 atom stereocenters. The van der Waals surface area contributed by atoms with Crippen LogP contribution in [0.1, 0.15) is 18.1 Å². The number of hydrogen-bond acceptors (Lipinski definition) is 4. The van der Waals surface area contributed by atoms with Crippen molar-refractivity contribution in [2.45, 2.75) is 25.2 Å². The van der Waals surface area contributed by atoms with Crippen molar-refractivity contribution in [2.24, 2.45) is 0 Å². The topological polar surface area (TPSA) is 88.4 Å². The van der Waals surface area contributed by atoms with Gasteiger partial charge in [-0.1, -0.05) is 0 Å². The second-order valence-corrected chi connectivity index (χ2v) is 6.68. The number of carbonyl (C=O) groups excluding carboxylic acids is 1. The summed E-state index contributed by atoms with van der Waals surface area (Å²) in [6.07, 6.45) is 3.69. The molecule has 0 aliphatic rings. The maximum Gasteiger partial charge on any atom is 0.240 e. The number of benzene rings is 1. The number of aryl methyl sites for hydroxylation is 1. The summed E-state index contributed by atoms with van der Waals surface area (Å²) < 4.78 is 32.1. The molecule has 6 nitrogen and oxygen atoms in total. The first-order valence-corrected chi connectivity index (χ1v) is 8.26. The zero-order chi connectivity index (χ0) is 16.2. The highest BCUT2D eigenvalue weighted by atomic mass is 32.2. The number of nitrogens with one attached hydrogen (secondary N) is 2. The first kappa shape index (κ1) is 16.3. The van der Waals surface area contributed by atoms with Gasteiger partial charge in [-0.15, -0.1) is 0 Å². The lowest BCUT2D eigenvalue weighted by Crippen LogP contribution is -2.26. The van der Waals surface area contributed by atoms with Gasteiger partial charge in [0.05, 0.1) is 17.4 Å². The van der Waals surface area contributed by atoms with E-state index in [1.807, 2.05) is 0 Å². The smallest absolute Gasteiger partial charge is 0.240 e. The predicted molar refractivity (Wildman–Crippen MR) is 83.1 cm³/mol. The van der Waals surface area contributed by atoms with Crippen LogP contribution in [0.15, 0.2) is 46.1 Å². The van der Waals surface area contributed by atoms with Gasteiger partial charge >= 0.3 is 0 Å². The van der Waals surface area contributed by atoms with Crippen molar-refractivity contribution in [1.29, 1.82) is 0 Å². The Bertz CT molecular complexity index is 752. The Kier molecular flexibility index (Phi) is 4.99. The average molecular weight is 322 g/mol. The predicted octanol–water partition coefficient (Wildman–Crippen LogP) is 2.07. The van der Waals surface area contributed by atoms with E-state index < -0.39 is 10.0 Å². The maximum atomic E-state index is 12.3. The van der Waals surface area contributed by atoms with Crippen LogP contribution in [0, 0.1) is 6.92 Å². The standard InChI is InChI=1S/C15H18N2O4S/c1-11-9-14(17-12(2)18)3-4-15(11)22(19,20)16-7-5-13-6-8-21-10-13/h3-4,6,8-10,16H,5,7H2,1-2H3,(H,17,18). The third kappa shape index (κ3) is 4.19. The molecule has 0 spiro atoms. The van der Waals surface area contributed by atoms with Crippen LogP contribution >= 0.6 is 0 Å². The molecule has 0 fully saturated rings. The van der Waals surface area contributed by atoms with Crippen molar-refractivity contribution in [3.8, 4) is 0 Å². The van der Waals surface area contributed by atoms with Gasteiger partial charge in [0, 0.05) is 19.2 Å². The molecular weight excluding hydrogens is 304 g/mol. The van der Waals surface area contributed by atoms with E-state index in [9.17, 15) is 13.2 Å². The first-order valence-electron chi connectivity index (χ1n) is 6.77. The number of hydrogen-bond donors (Lipinski definition) is 2. The van der Waals surface area contributed by atoms with E-state index >= 15 is 0 Å². The minimum atomic E-state index is -3.58. The van der Waals surface area contributed by atoms with Gasteiger partial charge in [-0.25, -0.2) is 13.1 Å². The van der Waals surface area contributed by atoms with Crippen molar-refractivity contribution in [1.82, 2.24) is 4.72 Å². The van der Waals surface area contributed by atoms with Gasteiger partial charge < -0.3 is 9.73 Å². The summed E-state index contributed by atoms with van der Waals surface area (Å²) in [7, 11) is -3.58. The molecule has 22 heavy (non-hydrogen) atoms. The van der Waals surface area contributed by atoms with Crippen LogP contribution in [0.5, 0.6) is 0 Å². The van der Waals surface area contributed by atoms with Crippen LogP contribution in [0.25, 0.3) is 0 Å². The number of sulfonamides is 1. The van der Waals surface area contributed by atoms with E-state index in [0.29, 0.717) is 17.7 Å². The summed E-state index contributed by atoms with van der Waals surface area (Å²) >= 11 is 0. The number of rotatable bonds is 6. The Balaban J connectivity index is 2.06. The summed E-state index contributed by atoms with van der Waals surface area (Å²) in [5, 5.41) is 2.62. The zero-order valence-electron chi connectivity index (χ0n) is 12.4. The summed E-state index contributed by atoms with van der Waals surface area (Å²) in [6, 6.07) is 6.48. The lowest BCUT2D eigenvalue weighted by Gasteiger charge is -2.11. The molecule has 2 rings (SSSR count). The van der Waals surface area contributed by atoms with Crippen LogP contribution in [0.2, 0.25) is 0 Å². The van der Waals surface area contributed by atoms with Gasteiger partial charge in [0.25, 0.3) is 0 Å². The molecule has 118 valence electrons. The van der Waals surface area contributed by atoms with Gasteiger partial charge in [-0.05, 0) is 48.7 Å². The van der Waals surface area contributed by atoms with Gasteiger partial charge in [-0.2, -0.15) is 0 Å². The Hall–Kier alpha value is -2.12. The van der Waals surface area contributed by atoms with Crippen molar-refractivity contribution >= 4 is 21.6 Å². The molecule has 7 heteroatoms. The molecule has 1 aromatic heterocycles. The highest BCUT2D eigenvalue weighted by Crippen LogP contribution is 2.19. The summed E-state index contributed by atoms with van der Waals surface area (Å²) in [5.41, 5.74) is 2.07. The quantitative estimate of drug-likeness (QED) is 0.852. The fourth-order valence-corrected chi connectivity index (χ4v) is 3.33. The van der Waals surface area contributed by atoms with Gasteiger partial charge in [-0.3, -0.25) is 4.79 Å². The molecule has 0 aliphatic carbocycles. The Labute approximate surface area is 129 Å². The molecule has 2 aromatic rings. The molecule has 0 saturated carbocycles. The van der Waals surface area contributed by atoms with E-state index in [1.165, 1.54) is 13.0 Å². The van der Waals surface area contributed by atoms with Crippen LogP contribution in [-0.4, -0.2) is 20.9 Å². The second-order valence-electron chi connectivity index (χ2n) is 4.94. The van der Waals surface area contributed by atoms with Gasteiger partial charge in [0.15, 0.2) is 0 Å². The summed E-state index contributed by atoms with van der Waals surface area (Å²) in [5.74, 6) is -0.201. The monoisotopic (exact) mass is 322 g/mol. The normalized spacial score (nSPS) is 11.4. The average Bonchev–Trinajstić information content (AvgIpc) is 2.90. The molecule has 0 radical (unpaired) electrons. The Morgan fingerprint density at radius 2 is 2.05 bits per heavy atom. The molecule has 1 amide bonds. The second kappa shape index (κ2) is 6.76. The fraction of sp³-hybridized carbons (Fsp3) is 0.267. The number of anilines is 1. The zero-order valence-corrected chi connectivity index (χ0v) is 13.2. The van der Waals surface area contributed by atoms with Crippen molar-refractivity contribution in [3.05, 3.63) is 47.9 Å². The van der Waals surface area contributed by atoms with Crippen LogP contribution < -0.4 is 10.0 Å². The van der Waals surface area contributed by atoms with Crippen molar-refractivity contribution in [2.75, 3.05) is 11.9 Å². The Morgan fingerprint density at radius 3 is 2.64 bits per heavy atom. The molecule has 0 unspecified atom stereocenters. The number of amides is 1. The van der Waals surface area contributed by atoms with E-state index in [0.717, 1.165) is 5.56 Å². The third-order valence-electron chi connectivity index (χ3n) is 3.07. The lowest BCUT2D eigenvalue weighted by atomic mass is 10.2.